The van der Waals surface area contributed by atoms with Crippen molar-refractivity contribution in [3.05, 3.63) is 0 Å². The van der Waals surface area contributed by atoms with Crippen LogP contribution in [0.2, 0.25) is 0 Å². The van der Waals surface area contributed by atoms with Crippen molar-refractivity contribution in [3.63, 3.8) is 0 Å². The van der Waals surface area contributed by atoms with E-state index in [0.29, 0.717) is 18.6 Å². The molecule has 1 rings (SSSR count). The summed E-state index contributed by atoms with van der Waals surface area (Å²) in [6.45, 7) is 5.24. The predicted octanol–water partition coefficient (Wildman–Crippen LogP) is 1.29. The molecule has 3 nitrogen and oxygen atoms in total. The van der Waals surface area contributed by atoms with Crippen molar-refractivity contribution < 1.29 is 9.84 Å². The molecule has 84 valence electrons. The van der Waals surface area contributed by atoms with Crippen molar-refractivity contribution in [2.24, 2.45) is 11.7 Å². The molecule has 1 aliphatic rings. The zero-order valence-corrected chi connectivity index (χ0v) is 9.33. The maximum atomic E-state index is 9.97. The van der Waals surface area contributed by atoms with Gasteiger partial charge in [0.1, 0.15) is 0 Å². The fraction of sp³-hybridized carbons (Fsp3) is 1.00. The third-order valence-corrected chi connectivity index (χ3v) is 3.43. The van der Waals surface area contributed by atoms with Crippen molar-refractivity contribution in [2.75, 3.05) is 13.2 Å². The Morgan fingerprint density at radius 3 is 2.36 bits per heavy atom. The van der Waals surface area contributed by atoms with Crippen LogP contribution in [0.25, 0.3) is 0 Å². The summed E-state index contributed by atoms with van der Waals surface area (Å²) < 4.78 is 5.65. The third-order valence-electron chi connectivity index (χ3n) is 3.43. The molecule has 0 unspecified atom stereocenters. The first-order chi connectivity index (χ1) is 6.63. The van der Waals surface area contributed by atoms with Gasteiger partial charge in [0, 0.05) is 0 Å². The fourth-order valence-corrected chi connectivity index (χ4v) is 1.73. The average molecular weight is 201 g/mol. The number of aliphatic hydroxyl groups is 1. The van der Waals surface area contributed by atoms with Crippen LogP contribution in [0.15, 0.2) is 0 Å². The fourth-order valence-electron chi connectivity index (χ4n) is 1.73. The first kappa shape index (κ1) is 12.0. The Labute approximate surface area is 86.6 Å². The summed E-state index contributed by atoms with van der Waals surface area (Å²) in [6, 6.07) is 0. The molecule has 0 aromatic carbocycles. The van der Waals surface area contributed by atoms with Gasteiger partial charge in [-0.1, -0.05) is 13.8 Å². The molecule has 0 atom stereocenters. The zero-order valence-electron chi connectivity index (χ0n) is 9.33. The molecule has 14 heavy (non-hydrogen) atoms. The average Bonchev–Trinajstić information content (AvgIpc) is 2.15. The maximum absolute atomic E-state index is 9.97. The summed E-state index contributed by atoms with van der Waals surface area (Å²) in [5, 5.41) is 9.97. The predicted molar refractivity (Wildman–Crippen MR) is 57.1 cm³/mol. The number of nitrogens with two attached hydrogens (primary N) is 1. The molecule has 0 aliphatic heterocycles. The van der Waals surface area contributed by atoms with Gasteiger partial charge in [-0.15, -0.1) is 0 Å². The van der Waals surface area contributed by atoms with E-state index >= 15 is 0 Å². The van der Waals surface area contributed by atoms with Gasteiger partial charge >= 0.3 is 0 Å². The van der Waals surface area contributed by atoms with Crippen LogP contribution in [0.4, 0.5) is 0 Å². The highest BCUT2D eigenvalue weighted by molar-refractivity contribution is 4.82. The summed E-state index contributed by atoms with van der Waals surface area (Å²) in [6.07, 6.45) is 4.00. The van der Waals surface area contributed by atoms with Gasteiger partial charge < -0.3 is 15.6 Å². The minimum absolute atomic E-state index is 0.341. The lowest BCUT2D eigenvalue weighted by Gasteiger charge is -2.36. The summed E-state index contributed by atoms with van der Waals surface area (Å²) in [5.74, 6) is 0.649. The summed E-state index contributed by atoms with van der Waals surface area (Å²) in [5.41, 5.74) is 4.91. The lowest BCUT2D eigenvalue weighted by Crippen LogP contribution is -2.41. The van der Waals surface area contributed by atoms with Crippen molar-refractivity contribution in [2.45, 2.75) is 51.2 Å². The van der Waals surface area contributed by atoms with Crippen LogP contribution in [0.3, 0.4) is 0 Å². The highest BCUT2D eigenvalue weighted by atomic mass is 16.5. The van der Waals surface area contributed by atoms with E-state index in [4.69, 9.17) is 10.5 Å². The van der Waals surface area contributed by atoms with E-state index < -0.39 is 5.60 Å². The van der Waals surface area contributed by atoms with Gasteiger partial charge in [0.05, 0.1) is 18.3 Å². The molecule has 1 aliphatic carbocycles. The molecule has 3 N–H and O–H groups in total. The van der Waals surface area contributed by atoms with Crippen LogP contribution in [-0.4, -0.2) is 30.0 Å². The number of hydrogen-bond donors (Lipinski definition) is 2. The normalized spacial score (nSPS) is 27.4. The lowest BCUT2D eigenvalue weighted by molar-refractivity contribution is -0.107. The zero-order chi connectivity index (χ0) is 10.6. The molecule has 0 saturated heterocycles. The molecule has 0 aromatic rings. The van der Waals surface area contributed by atoms with Gasteiger partial charge in [-0.05, 0) is 38.1 Å². The third kappa shape index (κ3) is 2.94. The van der Waals surface area contributed by atoms with Gasteiger partial charge in [-0.25, -0.2) is 0 Å². The molecule has 0 heterocycles. The molecule has 1 saturated carbocycles. The summed E-state index contributed by atoms with van der Waals surface area (Å²) in [4.78, 5) is 0. The van der Waals surface area contributed by atoms with E-state index in [-0.39, 0.29) is 0 Å². The molecule has 1 fully saturated rings. The van der Waals surface area contributed by atoms with Crippen LogP contribution >= 0.6 is 0 Å². The topological polar surface area (TPSA) is 55.5 Å². The Hall–Kier alpha value is -0.120. The van der Waals surface area contributed by atoms with Crippen LogP contribution in [0.1, 0.15) is 39.5 Å². The number of rotatable bonds is 6. The van der Waals surface area contributed by atoms with Gasteiger partial charge in [0.2, 0.25) is 0 Å². The highest BCUT2D eigenvalue weighted by Gasteiger charge is 2.31. The first-order valence-electron chi connectivity index (χ1n) is 5.67. The number of hydrogen-bond acceptors (Lipinski definition) is 3. The number of ether oxygens (including phenoxy) is 1. The van der Waals surface area contributed by atoms with Gasteiger partial charge in [0.15, 0.2) is 0 Å². The van der Waals surface area contributed by atoms with Gasteiger partial charge in [-0.3, -0.25) is 0 Å². The molecule has 0 radical (unpaired) electrons. The second-order valence-electron chi connectivity index (χ2n) is 4.44. The van der Waals surface area contributed by atoms with E-state index in [1.807, 2.05) is 13.8 Å². The van der Waals surface area contributed by atoms with Crippen molar-refractivity contribution in [3.8, 4) is 0 Å². The van der Waals surface area contributed by atoms with Crippen molar-refractivity contribution >= 4 is 0 Å². The van der Waals surface area contributed by atoms with E-state index in [0.717, 1.165) is 32.2 Å². The molecule has 0 amide bonds. The van der Waals surface area contributed by atoms with Gasteiger partial charge in [-0.2, -0.15) is 0 Å². The van der Waals surface area contributed by atoms with Crippen LogP contribution in [-0.2, 0) is 4.74 Å². The molecule has 0 bridgehead atoms. The van der Waals surface area contributed by atoms with E-state index in [2.05, 4.69) is 0 Å². The second-order valence-corrected chi connectivity index (χ2v) is 4.44. The summed E-state index contributed by atoms with van der Waals surface area (Å²) >= 11 is 0. The monoisotopic (exact) mass is 201 g/mol. The lowest BCUT2D eigenvalue weighted by atomic mass is 9.82. The quantitative estimate of drug-likeness (QED) is 0.681. The molecule has 3 heteroatoms. The van der Waals surface area contributed by atoms with E-state index in [1.54, 1.807) is 0 Å². The van der Waals surface area contributed by atoms with Crippen molar-refractivity contribution in [1.29, 1.82) is 0 Å². The Bertz CT molecular complexity index is 163. The summed E-state index contributed by atoms with van der Waals surface area (Å²) in [7, 11) is 0. The minimum Gasteiger partial charge on any atom is -0.388 e. The largest absolute Gasteiger partial charge is 0.388 e. The SMILES string of the molecule is CCC(O)(CC)COC1CC(CN)C1. The first-order valence-corrected chi connectivity index (χ1v) is 5.67. The Morgan fingerprint density at radius 1 is 1.36 bits per heavy atom. The standard InChI is InChI=1S/C11H23NO2/c1-3-11(13,4-2)8-14-10-5-9(6-10)7-12/h9-10,13H,3-8,12H2,1-2H3. The van der Waals surface area contributed by atoms with E-state index in [1.165, 1.54) is 0 Å². The minimum atomic E-state index is -0.617. The second kappa shape index (κ2) is 5.10. The Morgan fingerprint density at radius 2 is 1.93 bits per heavy atom. The van der Waals surface area contributed by atoms with Crippen molar-refractivity contribution in [1.82, 2.24) is 0 Å². The molecular weight excluding hydrogens is 178 g/mol. The highest BCUT2D eigenvalue weighted by Crippen LogP contribution is 2.30. The molecule has 0 spiro atoms. The Balaban J connectivity index is 2.15. The molecule has 0 aromatic heterocycles. The maximum Gasteiger partial charge on any atom is 0.0875 e. The van der Waals surface area contributed by atoms with Gasteiger partial charge in [0.25, 0.3) is 0 Å². The van der Waals surface area contributed by atoms with Crippen LogP contribution in [0.5, 0.6) is 0 Å². The smallest absolute Gasteiger partial charge is 0.0875 e. The van der Waals surface area contributed by atoms with Crippen LogP contribution in [0, 0.1) is 5.92 Å². The Kier molecular flexibility index (Phi) is 4.35. The van der Waals surface area contributed by atoms with E-state index in [9.17, 15) is 5.11 Å². The van der Waals surface area contributed by atoms with Crippen LogP contribution < -0.4 is 5.73 Å². The molecular formula is C11H23NO2.